The summed E-state index contributed by atoms with van der Waals surface area (Å²) < 4.78 is 5.50. The third kappa shape index (κ3) is 9.11. The molecule has 0 amide bonds. The van der Waals surface area contributed by atoms with Gasteiger partial charge in [0.15, 0.2) is 17.3 Å². The van der Waals surface area contributed by atoms with Gasteiger partial charge in [0.25, 0.3) is 0 Å². The molecular formula is C50H61N3O6. The summed E-state index contributed by atoms with van der Waals surface area (Å²) in [6.45, 7) is 1.56. The van der Waals surface area contributed by atoms with E-state index in [9.17, 15) is 24.9 Å². The number of hydrogen-bond acceptors (Lipinski definition) is 9. The first-order valence-corrected chi connectivity index (χ1v) is 22.0. The molecule has 3 aliphatic carbocycles. The number of carbonyl (C=O) groups is 2. The van der Waals surface area contributed by atoms with Crippen molar-refractivity contribution in [3.05, 3.63) is 94.8 Å². The quantitative estimate of drug-likeness (QED) is 0.112. The molecule has 9 atom stereocenters. The molecule has 9 nitrogen and oxygen atoms in total. The highest BCUT2D eigenvalue weighted by Gasteiger charge is 2.47. The maximum Gasteiger partial charge on any atom is 0.160 e. The lowest BCUT2D eigenvalue weighted by molar-refractivity contribution is -0.134. The number of carbonyl (C=O) groups excluding carboxylic acids is 2. The van der Waals surface area contributed by atoms with E-state index in [0.29, 0.717) is 99.1 Å². The average Bonchev–Trinajstić information content (AvgIpc) is 3.29. The summed E-state index contributed by atoms with van der Waals surface area (Å²) in [5.41, 5.74) is 9.00. The van der Waals surface area contributed by atoms with Gasteiger partial charge in [-0.25, -0.2) is 0 Å². The van der Waals surface area contributed by atoms with E-state index in [-0.39, 0.29) is 29.8 Å². The summed E-state index contributed by atoms with van der Waals surface area (Å²) in [4.78, 5) is 26.2. The fraction of sp³-hybridized carbons (Fsp3) is 0.520. The molecule has 8 rings (SSSR count). The number of ketones is 2. The summed E-state index contributed by atoms with van der Waals surface area (Å²) in [6, 6.07) is 18.6. The zero-order valence-electron chi connectivity index (χ0n) is 34.4. The number of phenolic OH excluding ortho intramolecular Hbond substituents is 1. The number of piperidine rings is 1. The number of aryl methyl sites for hydroxylation is 1. The average molecular weight is 800 g/mol. The Morgan fingerprint density at radius 1 is 0.983 bits per heavy atom. The number of hydrogen-bond donors (Lipinski definition) is 6. The number of ether oxygens (including phenoxy) is 1. The van der Waals surface area contributed by atoms with E-state index >= 15 is 0 Å². The summed E-state index contributed by atoms with van der Waals surface area (Å²) in [7, 11) is 1.52. The second-order valence-electron chi connectivity index (χ2n) is 18.1. The van der Waals surface area contributed by atoms with E-state index in [0.717, 1.165) is 71.7 Å². The molecule has 1 saturated heterocycles. The van der Waals surface area contributed by atoms with E-state index in [2.05, 4.69) is 58.9 Å². The van der Waals surface area contributed by atoms with E-state index in [4.69, 9.17) is 10.5 Å². The molecule has 5 aliphatic rings. The smallest absolute Gasteiger partial charge is 0.160 e. The number of allylic oxidation sites excluding steroid dienone is 2. The lowest BCUT2D eigenvalue weighted by atomic mass is 9.64. The molecule has 2 saturated carbocycles. The molecule has 312 valence electrons. The summed E-state index contributed by atoms with van der Waals surface area (Å²) in [5, 5.41) is 43.9. The van der Waals surface area contributed by atoms with Crippen molar-refractivity contribution >= 4 is 22.3 Å². The molecule has 0 aromatic heterocycles. The van der Waals surface area contributed by atoms with Crippen LogP contribution in [0.4, 0.5) is 0 Å². The van der Waals surface area contributed by atoms with E-state index in [1.807, 2.05) is 24.3 Å². The maximum atomic E-state index is 14.3. The number of rotatable bonds is 11. The zero-order valence-corrected chi connectivity index (χ0v) is 34.4. The predicted octanol–water partition coefficient (Wildman–Crippen LogP) is 7.08. The highest BCUT2D eigenvalue weighted by molar-refractivity contribution is 5.89. The molecular weight excluding hydrogens is 739 g/mol. The summed E-state index contributed by atoms with van der Waals surface area (Å²) in [6.07, 6.45) is 12.2. The number of aliphatic hydroxyl groups excluding tert-OH is 2. The molecule has 9 heteroatoms. The number of phenols is 1. The Morgan fingerprint density at radius 2 is 1.81 bits per heavy atom. The van der Waals surface area contributed by atoms with Crippen molar-refractivity contribution in [3.63, 3.8) is 0 Å². The van der Waals surface area contributed by atoms with Crippen LogP contribution in [0.5, 0.6) is 11.5 Å². The lowest BCUT2D eigenvalue weighted by Gasteiger charge is -2.42. The predicted molar refractivity (Wildman–Crippen MR) is 231 cm³/mol. The van der Waals surface area contributed by atoms with Crippen molar-refractivity contribution < 1.29 is 29.6 Å². The highest BCUT2D eigenvalue weighted by Crippen LogP contribution is 2.45. The topological polar surface area (TPSA) is 154 Å². The van der Waals surface area contributed by atoms with Gasteiger partial charge in [0.2, 0.25) is 0 Å². The van der Waals surface area contributed by atoms with Crippen molar-refractivity contribution in [2.45, 2.75) is 120 Å². The Bertz CT molecular complexity index is 2170. The summed E-state index contributed by atoms with van der Waals surface area (Å²) >= 11 is 0. The molecule has 59 heavy (non-hydrogen) atoms. The van der Waals surface area contributed by atoms with Crippen LogP contribution in [0.25, 0.3) is 10.8 Å². The number of aliphatic hydroxyl groups is 2. The van der Waals surface area contributed by atoms with Crippen LogP contribution in [0.3, 0.4) is 0 Å². The first-order valence-electron chi connectivity index (χ1n) is 22.0. The largest absolute Gasteiger partial charge is 0.504 e. The Hall–Kier alpha value is -4.62. The maximum absolute atomic E-state index is 14.3. The van der Waals surface area contributed by atoms with Crippen LogP contribution < -0.4 is 21.1 Å². The first kappa shape index (κ1) is 41.1. The minimum absolute atomic E-state index is 0.0127. The van der Waals surface area contributed by atoms with Crippen LogP contribution in [0.15, 0.2) is 78.1 Å². The number of nitrogens with two attached hydrogens (primary N) is 1. The van der Waals surface area contributed by atoms with Gasteiger partial charge in [0.05, 0.1) is 25.1 Å². The van der Waals surface area contributed by atoms with Gasteiger partial charge in [-0.05, 0) is 140 Å². The Labute approximate surface area is 348 Å². The van der Waals surface area contributed by atoms with Crippen LogP contribution in [0.2, 0.25) is 0 Å². The van der Waals surface area contributed by atoms with Crippen LogP contribution in [0.1, 0.15) is 112 Å². The lowest BCUT2D eigenvalue weighted by Crippen LogP contribution is -2.49. The second kappa shape index (κ2) is 17.9. The molecule has 3 fully saturated rings. The van der Waals surface area contributed by atoms with E-state index < -0.39 is 17.6 Å². The Morgan fingerprint density at radius 3 is 2.63 bits per heavy atom. The number of benzene rings is 3. The standard InChI is InChI=1S/C50H61N3O6/c1-59-46-25-37-12-15-47(57)50(19-16-31(23-48(50)58)6-7-32-22-39-11-14-41(55)28-44(39)53-30-32)20-17-34(43(37)29-45(46)56)10-13-40(54)27-42(38-18-21-52-49(51)26-38)36-9-8-33-4-2-3-5-35(33)24-36/h2-5,8-9,18,24-26,29,31-32,34,39-40,42,44,48,52-54,56,58H,6-7,10-16,19,21-23,27-28,30,51H2,1H3. The third-order valence-electron chi connectivity index (χ3n) is 14.4. The van der Waals surface area contributed by atoms with Crippen molar-refractivity contribution in [1.82, 2.24) is 10.6 Å². The van der Waals surface area contributed by atoms with Crippen LogP contribution in [0, 0.1) is 35.0 Å². The Balaban J connectivity index is 0.994. The van der Waals surface area contributed by atoms with Crippen LogP contribution >= 0.6 is 0 Å². The van der Waals surface area contributed by atoms with Crippen molar-refractivity contribution in [3.8, 4) is 23.3 Å². The van der Waals surface area contributed by atoms with Gasteiger partial charge in [0.1, 0.15) is 11.2 Å². The number of aromatic hydroxyl groups is 1. The summed E-state index contributed by atoms with van der Waals surface area (Å²) in [5.74, 6) is 9.24. The Kier molecular flexibility index (Phi) is 12.5. The minimum atomic E-state index is -1.15. The van der Waals surface area contributed by atoms with Gasteiger partial charge in [0, 0.05) is 43.7 Å². The zero-order chi connectivity index (χ0) is 41.1. The molecule has 0 bridgehead atoms. The molecule has 9 unspecified atom stereocenters. The van der Waals surface area contributed by atoms with E-state index in [1.165, 1.54) is 7.11 Å². The van der Waals surface area contributed by atoms with Gasteiger partial charge in [-0.15, -0.1) is 0 Å². The normalized spacial score (nSPS) is 29.3. The van der Waals surface area contributed by atoms with Gasteiger partial charge >= 0.3 is 0 Å². The van der Waals surface area contributed by atoms with Crippen molar-refractivity contribution in [2.24, 2.45) is 28.9 Å². The molecule has 0 radical (unpaired) electrons. The number of methoxy groups -OCH3 is 1. The first-order chi connectivity index (χ1) is 28.6. The minimum Gasteiger partial charge on any atom is -0.504 e. The molecule has 2 heterocycles. The van der Waals surface area contributed by atoms with Crippen molar-refractivity contribution in [2.75, 3.05) is 20.2 Å². The number of dihydropyridines is 1. The van der Waals surface area contributed by atoms with Gasteiger partial charge in [-0.3, -0.25) is 9.59 Å². The number of Topliss-reactive ketones (excluding diaryl/α,β-unsaturated/α-hetero) is 2. The molecule has 3 aromatic rings. The molecule has 2 aliphatic heterocycles. The fourth-order valence-corrected chi connectivity index (χ4v) is 10.9. The van der Waals surface area contributed by atoms with Crippen molar-refractivity contribution in [1.29, 1.82) is 0 Å². The fourth-order valence-electron chi connectivity index (χ4n) is 10.9. The SMILES string of the molecule is COc1cc2c(cc1O)C(CCC(O)CC(C1=CCNC(N)=C1)c1ccc3ccccc3c1)C#CC1(CCC(CCC3CNC4CC(=O)CCC4C3)CC1O)C(=O)CC2. The molecule has 7 N–H and O–H groups in total. The van der Waals surface area contributed by atoms with Crippen LogP contribution in [-0.4, -0.2) is 65.3 Å². The third-order valence-corrected chi connectivity index (χ3v) is 14.4. The molecule has 3 aromatic carbocycles. The van der Waals surface area contributed by atoms with Gasteiger partial charge in [-0.2, -0.15) is 0 Å². The molecule has 1 spiro atoms. The second-order valence-corrected chi connectivity index (χ2v) is 18.1. The highest BCUT2D eigenvalue weighted by atomic mass is 16.5. The van der Waals surface area contributed by atoms with E-state index in [1.54, 1.807) is 6.07 Å². The monoisotopic (exact) mass is 799 g/mol. The number of fused-ring (bicyclic) bond motifs is 3. The van der Waals surface area contributed by atoms with Gasteiger partial charge in [-0.1, -0.05) is 66.8 Å². The van der Waals surface area contributed by atoms with Crippen LogP contribution in [-0.2, 0) is 16.0 Å². The number of nitrogens with one attached hydrogen (secondary N) is 2. The van der Waals surface area contributed by atoms with Gasteiger partial charge < -0.3 is 36.4 Å².